The number of hydrogen-bond donors (Lipinski definition) is 2. The van der Waals surface area contributed by atoms with Gasteiger partial charge in [0.1, 0.15) is 37.2 Å². The second-order valence-electron chi connectivity index (χ2n) is 11.3. The lowest BCUT2D eigenvalue weighted by atomic mass is 10.1. The van der Waals surface area contributed by atoms with Gasteiger partial charge in [-0.25, -0.2) is 9.55 Å². The number of nitrogens with zero attached hydrogens (tertiary/aromatic N) is 7. The molecule has 256 valence electrons. The number of aromatic nitrogens is 6. The Morgan fingerprint density at radius 1 is 1.13 bits per heavy atom. The van der Waals surface area contributed by atoms with Crippen LogP contribution in [0.3, 0.4) is 0 Å². The highest BCUT2D eigenvalue weighted by molar-refractivity contribution is 7.49. The van der Waals surface area contributed by atoms with Crippen molar-refractivity contribution in [1.29, 1.82) is 0 Å². The molecule has 3 aliphatic heterocycles. The average molecular weight is 682 g/mol. The number of aromatic amines is 1. The maximum atomic E-state index is 12.9. The summed E-state index contributed by atoms with van der Waals surface area (Å²) < 4.78 is 40.8. The van der Waals surface area contributed by atoms with E-state index in [9.17, 15) is 23.8 Å². The van der Waals surface area contributed by atoms with Crippen LogP contribution in [0.4, 0.5) is 5.95 Å². The second-order valence-corrected chi connectivity index (χ2v) is 12.9. The molecule has 3 aromatic rings. The van der Waals surface area contributed by atoms with Gasteiger partial charge in [0.2, 0.25) is 19.5 Å². The predicted molar refractivity (Wildman–Crippen MR) is 154 cm³/mol. The zero-order valence-electron chi connectivity index (χ0n) is 25.4. The lowest BCUT2D eigenvalue weighted by molar-refractivity contribution is -0.746. The molecule has 6 rings (SSSR count). The normalized spacial score (nSPS) is 28.3. The van der Waals surface area contributed by atoms with Crippen LogP contribution in [-0.4, -0.2) is 110 Å². The maximum Gasteiger partial charge on any atom is 0.313 e. The average Bonchev–Trinajstić information content (AvgIpc) is 3.88. The molecule has 0 saturated carbocycles. The third-order valence-corrected chi connectivity index (χ3v) is 9.57. The quantitative estimate of drug-likeness (QED) is 0.0774. The van der Waals surface area contributed by atoms with Crippen LogP contribution >= 0.6 is 7.75 Å². The molecule has 6 heterocycles. The number of aldehydes is 2. The largest absolute Gasteiger partial charge is 0.761 e. The molecule has 7 atom stereocenters. The molecule has 3 aliphatic rings. The van der Waals surface area contributed by atoms with E-state index in [4.69, 9.17) is 34.1 Å². The van der Waals surface area contributed by atoms with Crippen molar-refractivity contribution in [1.82, 2.24) is 34.0 Å². The Bertz CT molecular complexity index is 1650. The number of carbonyl (C=O) groups is 2. The molecule has 3 saturated heterocycles. The molecule has 0 bridgehead atoms. The summed E-state index contributed by atoms with van der Waals surface area (Å²) in [5, 5.41) is 3.04. The molecule has 0 spiro atoms. The van der Waals surface area contributed by atoms with Crippen molar-refractivity contribution >= 4 is 37.4 Å². The van der Waals surface area contributed by atoms with E-state index in [1.807, 2.05) is 0 Å². The fourth-order valence-corrected chi connectivity index (χ4v) is 6.89. The van der Waals surface area contributed by atoms with E-state index < -0.39 is 56.5 Å². The minimum atomic E-state index is -4.64. The number of carbonyl (C=O) groups excluding carboxylic acids is 2. The van der Waals surface area contributed by atoms with Crippen LogP contribution in [0.15, 0.2) is 29.8 Å². The highest BCUT2D eigenvalue weighted by Crippen LogP contribution is 2.41. The van der Waals surface area contributed by atoms with Gasteiger partial charge in [-0.05, 0) is 25.7 Å². The molecule has 3 aromatic heterocycles. The topological polar surface area (TPSA) is 235 Å². The molecule has 3 fully saturated rings. The zero-order valence-corrected chi connectivity index (χ0v) is 26.3. The van der Waals surface area contributed by atoms with Crippen LogP contribution in [0.25, 0.3) is 11.2 Å². The number of nitrogens with one attached hydrogen (secondary N) is 1. The molecular weight excluding hydrogens is 645 g/mol. The second kappa shape index (κ2) is 14.4. The van der Waals surface area contributed by atoms with Gasteiger partial charge in [-0.2, -0.15) is 10.1 Å². The molecule has 47 heavy (non-hydrogen) atoms. The van der Waals surface area contributed by atoms with Crippen LogP contribution in [0.5, 0.6) is 0 Å². The smallest absolute Gasteiger partial charge is 0.313 e. The van der Waals surface area contributed by atoms with Crippen molar-refractivity contribution < 1.29 is 52.0 Å². The molecular formula is C26H36N9O11P. The lowest BCUT2D eigenvalue weighted by Crippen LogP contribution is -2.48. The van der Waals surface area contributed by atoms with Crippen molar-refractivity contribution in [3.8, 4) is 0 Å². The van der Waals surface area contributed by atoms with Crippen LogP contribution in [-0.2, 0) is 49.6 Å². The summed E-state index contributed by atoms with van der Waals surface area (Å²) in [6, 6.07) is -0.859. The number of nitrogen functional groups attached to an aromatic ring is 1. The van der Waals surface area contributed by atoms with Crippen molar-refractivity contribution in [2.75, 3.05) is 39.0 Å². The number of rotatable bonds is 15. The Kier molecular flexibility index (Phi) is 10.2. The Balaban J connectivity index is 1.30. The fourth-order valence-electron chi connectivity index (χ4n) is 6.01. The zero-order chi connectivity index (χ0) is 33.1. The Morgan fingerprint density at radius 2 is 1.79 bits per heavy atom. The van der Waals surface area contributed by atoms with E-state index in [1.54, 1.807) is 13.4 Å². The first-order valence-electron chi connectivity index (χ1n) is 15.0. The van der Waals surface area contributed by atoms with E-state index in [-0.39, 0.29) is 30.7 Å². The van der Waals surface area contributed by atoms with E-state index >= 15 is 0 Å². The third kappa shape index (κ3) is 7.07. The van der Waals surface area contributed by atoms with Crippen LogP contribution < -0.4 is 20.8 Å². The van der Waals surface area contributed by atoms with E-state index in [0.717, 1.165) is 36.1 Å². The number of hydroxylamine groups is 4. The van der Waals surface area contributed by atoms with Gasteiger partial charge < -0.3 is 39.0 Å². The summed E-state index contributed by atoms with van der Waals surface area (Å²) in [7, 11) is -3.00. The van der Waals surface area contributed by atoms with Gasteiger partial charge >= 0.3 is 5.65 Å². The number of nitrogens with two attached hydrogens (primary N) is 1. The van der Waals surface area contributed by atoms with Gasteiger partial charge in [0.15, 0.2) is 19.9 Å². The third-order valence-electron chi connectivity index (χ3n) is 8.29. The summed E-state index contributed by atoms with van der Waals surface area (Å²) in [5.74, 6) is -0.140. The van der Waals surface area contributed by atoms with Crippen molar-refractivity contribution in [2.45, 2.75) is 62.3 Å². The van der Waals surface area contributed by atoms with Crippen LogP contribution in [0, 0.1) is 0 Å². The number of anilines is 1. The molecule has 3 N–H and O–H groups in total. The van der Waals surface area contributed by atoms with Crippen LogP contribution in [0.2, 0.25) is 0 Å². The predicted octanol–water partition coefficient (Wildman–Crippen LogP) is -1.87. The number of fused-ring (bicyclic) bond motifs is 1. The molecule has 0 radical (unpaired) electrons. The minimum Gasteiger partial charge on any atom is -0.761 e. The van der Waals surface area contributed by atoms with E-state index in [2.05, 4.69) is 15.0 Å². The monoisotopic (exact) mass is 681 g/mol. The summed E-state index contributed by atoms with van der Waals surface area (Å²) in [4.78, 5) is 70.7. The number of H-pyrrole nitrogens is 1. The van der Waals surface area contributed by atoms with Crippen molar-refractivity contribution in [3.05, 3.63) is 35.4 Å². The number of ether oxygens (including phenoxy) is 3. The Morgan fingerprint density at radius 3 is 2.40 bits per heavy atom. The SMILES string of the molecule is Cn1c[n+]([C@@H]2O[C@H](COP(=O)([O-])n3ccnc3)[C@H](OCON3CCC[C@H]3C=O)C2OCON2CCC[C@H]2C=O)c2nc(N)[nH]c(=O)c21. The molecule has 2 unspecified atom stereocenters. The van der Waals surface area contributed by atoms with Gasteiger partial charge in [0, 0.05) is 25.5 Å². The van der Waals surface area contributed by atoms with Gasteiger partial charge in [-0.3, -0.25) is 32.9 Å². The molecule has 0 aromatic carbocycles. The van der Waals surface area contributed by atoms with Gasteiger partial charge in [-0.15, -0.1) is 0 Å². The Labute approximate surface area is 267 Å². The van der Waals surface area contributed by atoms with Crippen molar-refractivity contribution in [3.63, 3.8) is 0 Å². The van der Waals surface area contributed by atoms with Gasteiger partial charge in [0.05, 0.1) is 25.7 Å². The molecule has 0 aliphatic carbocycles. The summed E-state index contributed by atoms with van der Waals surface area (Å²) in [6.07, 6.45) is 5.29. The molecule has 21 heteroatoms. The van der Waals surface area contributed by atoms with Crippen molar-refractivity contribution in [2.24, 2.45) is 7.05 Å². The lowest BCUT2D eigenvalue weighted by Gasteiger charge is -2.28. The first-order chi connectivity index (χ1) is 22.7. The first-order valence-corrected chi connectivity index (χ1v) is 16.5. The van der Waals surface area contributed by atoms with Gasteiger partial charge in [0.25, 0.3) is 11.5 Å². The molecule has 0 amide bonds. The summed E-state index contributed by atoms with van der Waals surface area (Å²) >= 11 is 0. The Hall–Kier alpha value is -3.43. The standard InChI is InChI=1S/C26H36N9O11P/c1-31-14-33(23-20(31)24(38)30-26(27)29-23)25-22(42-16-44-35-8-3-5-18(35)11-37)21(41-15-43-34-7-2-4-17(34)10-36)19(46-25)12-45-47(39,40)32-9-6-28-13-32/h6,9-11,13-14,17-19,21-22,25H,2-5,7-8,12,15-16H2,1H3,(H3-,27,29,30,38,39,40)/t17-,18-,19+,21-,22?,25+/m0/s1. The minimum absolute atomic E-state index is 0.140. The first kappa shape index (κ1) is 33.5. The fraction of sp³-hybridized carbons (Fsp3) is 0.615. The number of aryl methyl sites for hydroxylation is 1. The van der Waals surface area contributed by atoms with E-state index in [0.29, 0.717) is 25.9 Å². The number of imidazole rings is 2. The molecule has 20 nitrogen and oxygen atoms in total. The summed E-state index contributed by atoms with van der Waals surface area (Å²) in [5.41, 5.74) is 5.72. The van der Waals surface area contributed by atoms with E-state index in [1.165, 1.54) is 31.7 Å². The van der Waals surface area contributed by atoms with Gasteiger partial charge in [-0.1, -0.05) is 4.98 Å². The van der Waals surface area contributed by atoms with Crippen LogP contribution in [0.1, 0.15) is 31.9 Å². The highest BCUT2D eigenvalue weighted by atomic mass is 31.2. The maximum absolute atomic E-state index is 12.9. The highest BCUT2D eigenvalue weighted by Gasteiger charge is 2.51. The summed E-state index contributed by atoms with van der Waals surface area (Å²) in [6.45, 7) is -0.153. The number of hydrogen-bond acceptors (Lipinski definition) is 16.